The lowest BCUT2D eigenvalue weighted by Gasteiger charge is -2.25. The third-order valence-corrected chi connectivity index (χ3v) is 8.30. The monoisotopic (exact) mass is 589 g/mol. The molecule has 1 aliphatic carbocycles. The predicted octanol–water partition coefficient (Wildman–Crippen LogP) is 6.94. The van der Waals surface area contributed by atoms with E-state index in [1.54, 1.807) is 12.4 Å². The number of aryl methyl sites for hydroxylation is 1. The second-order valence-electron chi connectivity index (χ2n) is 12.3. The van der Waals surface area contributed by atoms with E-state index in [1.165, 1.54) is 5.01 Å². The van der Waals surface area contributed by atoms with Crippen LogP contribution in [0.3, 0.4) is 0 Å². The molecule has 0 unspecified atom stereocenters. The molecule has 7 nitrogen and oxygen atoms in total. The molecular formula is C32H34ClF2N7. The zero-order chi connectivity index (χ0) is 29.8. The summed E-state index contributed by atoms with van der Waals surface area (Å²) in [5, 5.41) is 11.0. The van der Waals surface area contributed by atoms with Gasteiger partial charge in [-0.2, -0.15) is 0 Å². The van der Waals surface area contributed by atoms with Crippen LogP contribution in [0.1, 0.15) is 50.8 Å². The molecule has 2 aromatic heterocycles. The molecule has 0 spiro atoms. The molecule has 10 heteroatoms. The molecule has 42 heavy (non-hydrogen) atoms. The van der Waals surface area contributed by atoms with Crippen LogP contribution in [0.5, 0.6) is 0 Å². The van der Waals surface area contributed by atoms with Gasteiger partial charge in [0.25, 0.3) is 6.43 Å². The van der Waals surface area contributed by atoms with Crippen LogP contribution in [-0.2, 0) is 7.05 Å². The van der Waals surface area contributed by atoms with Gasteiger partial charge in [-0.05, 0) is 48.1 Å². The standard InChI is InChI=1S/C32H34ClF2N7/c1-6-19-16-36-28-23(27(19)37-18-31(2,3)4)14-20(15-24(28)33)38-29(22-8-7-9-26-21(22)10-13-41(26)5)25-17-42(40-39-25)32(11-12-32)30(34)35/h1,7-10,13-17,29-30,38-40H,11-12,18H2,2-5H3,(H,36,37)/t29-/m0/s1. The number of pyridine rings is 1. The van der Waals surface area contributed by atoms with Gasteiger partial charge < -0.3 is 20.6 Å². The van der Waals surface area contributed by atoms with Gasteiger partial charge in [0.1, 0.15) is 5.54 Å². The molecule has 0 saturated heterocycles. The second kappa shape index (κ2) is 10.4. The molecule has 2 aromatic carbocycles. The molecule has 3 heterocycles. The van der Waals surface area contributed by atoms with Crippen LogP contribution in [-0.4, -0.2) is 33.1 Å². The maximum absolute atomic E-state index is 14.0. The van der Waals surface area contributed by atoms with Crippen LogP contribution < -0.4 is 21.6 Å². The molecule has 1 atom stereocenters. The lowest BCUT2D eigenvalue weighted by Crippen LogP contribution is -2.48. The summed E-state index contributed by atoms with van der Waals surface area (Å²) in [6.45, 7) is 7.13. The number of hydrogen-bond donors (Lipinski definition) is 4. The number of terminal acetylenes is 1. The highest BCUT2D eigenvalue weighted by Crippen LogP contribution is 2.47. The van der Waals surface area contributed by atoms with Crippen molar-refractivity contribution in [2.75, 3.05) is 17.2 Å². The molecule has 6 rings (SSSR count). The van der Waals surface area contributed by atoms with Crippen molar-refractivity contribution in [2.45, 2.75) is 51.6 Å². The maximum atomic E-state index is 14.0. The smallest absolute Gasteiger partial charge is 0.262 e. The van der Waals surface area contributed by atoms with Crippen LogP contribution in [0.2, 0.25) is 5.02 Å². The van der Waals surface area contributed by atoms with Gasteiger partial charge in [0.15, 0.2) is 0 Å². The number of fused-ring (bicyclic) bond motifs is 2. The molecule has 0 amide bonds. The van der Waals surface area contributed by atoms with Crippen LogP contribution in [0.15, 0.2) is 60.7 Å². The number of anilines is 2. The van der Waals surface area contributed by atoms with Crippen molar-refractivity contribution >= 4 is 44.8 Å². The Hall–Kier alpha value is -4.00. The second-order valence-corrected chi connectivity index (χ2v) is 12.7. The number of alkyl halides is 2. The summed E-state index contributed by atoms with van der Waals surface area (Å²) in [5.74, 6) is 2.75. The number of rotatable bonds is 8. The lowest BCUT2D eigenvalue weighted by molar-refractivity contribution is 0.00911. The van der Waals surface area contributed by atoms with E-state index in [-0.39, 0.29) is 5.41 Å². The van der Waals surface area contributed by atoms with E-state index in [9.17, 15) is 8.78 Å². The minimum Gasteiger partial charge on any atom is -0.383 e. The highest BCUT2D eigenvalue weighted by molar-refractivity contribution is 6.35. The summed E-state index contributed by atoms with van der Waals surface area (Å²) in [6.07, 6.45) is 9.65. The maximum Gasteiger partial charge on any atom is 0.262 e. The molecule has 0 bridgehead atoms. The lowest BCUT2D eigenvalue weighted by atomic mass is 9.96. The van der Waals surface area contributed by atoms with Gasteiger partial charge in [-0.1, -0.05) is 50.4 Å². The fraction of sp³-hybridized carbons (Fsp3) is 0.344. The van der Waals surface area contributed by atoms with Gasteiger partial charge in [0.2, 0.25) is 0 Å². The number of halogens is 3. The first-order valence-corrected chi connectivity index (χ1v) is 14.3. The Balaban J connectivity index is 1.46. The largest absolute Gasteiger partial charge is 0.383 e. The summed E-state index contributed by atoms with van der Waals surface area (Å²) in [7, 11) is 2.00. The van der Waals surface area contributed by atoms with Gasteiger partial charge in [-0.25, -0.2) is 8.78 Å². The van der Waals surface area contributed by atoms with E-state index in [0.29, 0.717) is 41.2 Å². The average molecular weight is 590 g/mol. The van der Waals surface area contributed by atoms with Crippen LogP contribution in [0.4, 0.5) is 20.2 Å². The van der Waals surface area contributed by atoms with Gasteiger partial charge in [0.05, 0.1) is 33.5 Å². The van der Waals surface area contributed by atoms with Gasteiger partial charge in [0, 0.05) is 54.2 Å². The highest BCUT2D eigenvalue weighted by atomic mass is 35.5. The van der Waals surface area contributed by atoms with Crippen molar-refractivity contribution < 1.29 is 8.78 Å². The number of nitrogens with zero attached hydrogens (tertiary/aromatic N) is 3. The van der Waals surface area contributed by atoms with Crippen molar-refractivity contribution in [1.82, 2.24) is 25.5 Å². The summed E-state index contributed by atoms with van der Waals surface area (Å²) in [4.78, 5) is 4.56. The van der Waals surface area contributed by atoms with E-state index in [2.05, 4.69) is 70.0 Å². The number of hydrogen-bond acceptors (Lipinski definition) is 6. The van der Waals surface area contributed by atoms with E-state index in [1.807, 2.05) is 37.5 Å². The summed E-state index contributed by atoms with van der Waals surface area (Å²) in [6, 6.07) is 11.6. The van der Waals surface area contributed by atoms with Gasteiger partial charge in [-0.15, -0.1) is 12.0 Å². The number of hydrazine groups is 2. The SMILES string of the molecule is C#Cc1cnc2c(Cl)cc(N[C@H](C3=CN(C4(C(F)F)CC4)NN3)c3cccc4c3ccn4C)cc2c1NCC(C)(C)C. The Morgan fingerprint density at radius 3 is 2.67 bits per heavy atom. The fourth-order valence-electron chi connectivity index (χ4n) is 5.47. The molecule has 1 aliphatic heterocycles. The zero-order valence-corrected chi connectivity index (χ0v) is 24.8. The topological polar surface area (TPSA) is 69.2 Å². The van der Waals surface area contributed by atoms with Gasteiger partial charge in [-0.3, -0.25) is 9.99 Å². The molecular weight excluding hydrogens is 556 g/mol. The van der Waals surface area contributed by atoms with Crippen LogP contribution >= 0.6 is 11.6 Å². The van der Waals surface area contributed by atoms with Crippen molar-refractivity contribution in [2.24, 2.45) is 12.5 Å². The molecule has 4 aromatic rings. The van der Waals surface area contributed by atoms with Crippen LogP contribution in [0, 0.1) is 17.8 Å². The normalized spacial score (nSPS) is 16.8. The van der Waals surface area contributed by atoms with Crippen molar-refractivity contribution in [3.63, 3.8) is 0 Å². The minimum atomic E-state index is -2.47. The Labute approximate surface area is 249 Å². The first kappa shape index (κ1) is 28.1. The third kappa shape index (κ3) is 4.99. The number of aromatic nitrogens is 2. The van der Waals surface area contributed by atoms with E-state index in [4.69, 9.17) is 18.0 Å². The van der Waals surface area contributed by atoms with Gasteiger partial charge >= 0.3 is 0 Å². The molecule has 218 valence electrons. The van der Waals surface area contributed by atoms with Crippen LogP contribution in [0.25, 0.3) is 21.8 Å². The molecule has 2 aliphatic rings. The third-order valence-electron chi connectivity index (χ3n) is 8.01. The Morgan fingerprint density at radius 2 is 1.98 bits per heavy atom. The first-order chi connectivity index (χ1) is 20.0. The van der Waals surface area contributed by atoms with Crippen molar-refractivity contribution in [3.05, 3.63) is 76.8 Å². The first-order valence-electron chi connectivity index (χ1n) is 13.9. The predicted molar refractivity (Wildman–Crippen MR) is 166 cm³/mol. The van der Waals surface area contributed by atoms with Crippen molar-refractivity contribution in [1.29, 1.82) is 0 Å². The number of benzene rings is 2. The molecule has 0 radical (unpaired) electrons. The Morgan fingerprint density at radius 1 is 1.19 bits per heavy atom. The van der Waals surface area contributed by atoms with E-state index >= 15 is 0 Å². The Bertz CT molecular complexity index is 1740. The highest BCUT2D eigenvalue weighted by Gasteiger charge is 2.56. The molecule has 1 fully saturated rings. The Kier molecular flexibility index (Phi) is 6.95. The molecule has 1 saturated carbocycles. The minimum absolute atomic E-state index is 0.0111. The summed E-state index contributed by atoms with van der Waals surface area (Å²) >= 11 is 6.81. The quantitative estimate of drug-likeness (QED) is 0.167. The van der Waals surface area contributed by atoms with E-state index in [0.717, 1.165) is 33.2 Å². The number of nitrogens with one attached hydrogen (secondary N) is 4. The fourth-order valence-corrected chi connectivity index (χ4v) is 5.74. The summed E-state index contributed by atoms with van der Waals surface area (Å²) < 4.78 is 30.0. The van der Waals surface area contributed by atoms with E-state index < -0.39 is 18.0 Å². The van der Waals surface area contributed by atoms with Crippen molar-refractivity contribution in [3.8, 4) is 12.3 Å². The average Bonchev–Trinajstić information content (AvgIpc) is 3.47. The zero-order valence-electron chi connectivity index (χ0n) is 24.0. The molecule has 4 N–H and O–H groups in total. The summed E-state index contributed by atoms with van der Waals surface area (Å²) in [5.41, 5.74) is 10.5.